The summed E-state index contributed by atoms with van der Waals surface area (Å²) >= 11 is 13.7. The zero-order valence-electron chi connectivity index (χ0n) is 16.8. The van der Waals surface area contributed by atoms with Gasteiger partial charge < -0.3 is 9.14 Å². The number of hydrogen-bond donors (Lipinski definition) is 0. The molecule has 0 spiro atoms. The van der Waals surface area contributed by atoms with Crippen LogP contribution < -0.4 is 4.74 Å². The molecule has 0 unspecified atom stereocenters. The minimum atomic E-state index is -4.52. The van der Waals surface area contributed by atoms with Crippen molar-refractivity contribution in [2.45, 2.75) is 20.0 Å². The standard InChI is InChI=1S/C21H15Cl2F3N4OS/c1-10(2)9-31-17-6-14(22)13(4-11(17)3)19-28-29-20(32-19)16-8-30-7-12(21(24,25)26)5-15(23)18(30)27-16/h4-8H,1,9H2,2-3H3. The van der Waals surface area contributed by atoms with Crippen LogP contribution in [0.25, 0.3) is 26.9 Å². The topological polar surface area (TPSA) is 52.3 Å². The van der Waals surface area contributed by atoms with Crippen LogP contribution in [0, 0.1) is 6.92 Å². The Hall–Kier alpha value is -2.62. The Morgan fingerprint density at radius 2 is 1.84 bits per heavy atom. The second-order valence-corrected chi connectivity index (χ2v) is 8.98. The Morgan fingerprint density at radius 1 is 1.12 bits per heavy atom. The molecular weight excluding hydrogens is 484 g/mol. The first kappa shape index (κ1) is 22.6. The predicted molar refractivity (Wildman–Crippen MR) is 120 cm³/mol. The number of aromatic nitrogens is 4. The molecule has 0 aliphatic carbocycles. The van der Waals surface area contributed by atoms with E-state index in [2.05, 4.69) is 21.8 Å². The molecule has 11 heteroatoms. The van der Waals surface area contributed by atoms with E-state index in [0.29, 0.717) is 38.7 Å². The summed E-state index contributed by atoms with van der Waals surface area (Å²) in [7, 11) is 0. The van der Waals surface area contributed by atoms with Crippen molar-refractivity contribution in [1.29, 1.82) is 0 Å². The number of hydrogen-bond acceptors (Lipinski definition) is 5. The summed E-state index contributed by atoms with van der Waals surface area (Å²) in [5.74, 6) is 0.641. The molecule has 0 amide bonds. The zero-order valence-corrected chi connectivity index (χ0v) is 19.1. The van der Waals surface area contributed by atoms with Crippen LogP contribution in [0.4, 0.5) is 13.2 Å². The van der Waals surface area contributed by atoms with Crippen molar-refractivity contribution < 1.29 is 17.9 Å². The van der Waals surface area contributed by atoms with Gasteiger partial charge in [-0.05, 0) is 43.2 Å². The second kappa shape index (κ2) is 8.38. The number of fused-ring (bicyclic) bond motifs is 1. The van der Waals surface area contributed by atoms with Crippen molar-refractivity contribution in [2.75, 3.05) is 6.61 Å². The van der Waals surface area contributed by atoms with Gasteiger partial charge in [0.25, 0.3) is 0 Å². The molecule has 0 aliphatic heterocycles. The van der Waals surface area contributed by atoms with Gasteiger partial charge in [-0.25, -0.2) is 4.98 Å². The highest BCUT2D eigenvalue weighted by molar-refractivity contribution is 7.18. The number of benzene rings is 1. The van der Waals surface area contributed by atoms with Crippen LogP contribution >= 0.6 is 34.5 Å². The van der Waals surface area contributed by atoms with Gasteiger partial charge in [0.15, 0.2) is 10.7 Å². The van der Waals surface area contributed by atoms with E-state index >= 15 is 0 Å². The van der Waals surface area contributed by atoms with Crippen molar-refractivity contribution in [3.8, 4) is 27.0 Å². The lowest BCUT2D eigenvalue weighted by atomic mass is 10.1. The fraction of sp³-hybridized carbons (Fsp3) is 0.190. The number of alkyl halides is 3. The van der Waals surface area contributed by atoms with Crippen LogP contribution in [0.3, 0.4) is 0 Å². The number of aryl methyl sites for hydroxylation is 1. The molecule has 0 atom stereocenters. The molecular formula is C21H15Cl2F3N4OS. The molecule has 32 heavy (non-hydrogen) atoms. The number of nitrogens with zero attached hydrogens (tertiary/aromatic N) is 4. The lowest BCUT2D eigenvalue weighted by Crippen LogP contribution is -2.06. The van der Waals surface area contributed by atoms with E-state index < -0.39 is 11.7 Å². The fourth-order valence-corrected chi connectivity index (χ4v) is 4.32. The van der Waals surface area contributed by atoms with Crippen molar-refractivity contribution in [3.63, 3.8) is 0 Å². The zero-order chi connectivity index (χ0) is 23.2. The molecule has 0 saturated heterocycles. The maximum atomic E-state index is 13.1. The molecule has 166 valence electrons. The minimum absolute atomic E-state index is 0.111. The van der Waals surface area contributed by atoms with Gasteiger partial charge in [-0.1, -0.05) is 41.1 Å². The molecule has 0 N–H and O–H groups in total. The van der Waals surface area contributed by atoms with Gasteiger partial charge in [-0.2, -0.15) is 13.2 Å². The second-order valence-electron chi connectivity index (χ2n) is 7.19. The number of halogens is 5. The lowest BCUT2D eigenvalue weighted by molar-refractivity contribution is -0.137. The maximum Gasteiger partial charge on any atom is 0.417 e. The Labute approximate surface area is 195 Å². The number of ether oxygens (including phenoxy) is 1. The molecule has 0 radical (unpaired) electrons. The van der Waals surface area contributed by atoms with Crippen LogP contribution in [0.1, 0.15) is 18.1 Å². The van der Waals surface area contributed by atoms with E-state index in [1.807, 2.05) is 19.9 Å². The molecule has 5 nitrogen and oxygen atoms in total. The molecule has 0 saturated carbocycles. The van der Waals surface area contributed by atoms with E-state index in [-0.39, 0.29) is 10.7 Å². The van der Waals surface area contributed by atoms with Crippen LogP contribution in [-0.4, -0.2) is 26.2 Å². The third-order valence-corrected chi connectivity index (χ3v) is 6.02. The Morgan fingerprint density at radius 3 is 2.53 bits per heavy atom. The molecule has 0 fully saturated rings. The Balaban J connectivity index is 1.68. The summed E-state index contributed by atoms with van der Waals surface area (Å²) in [4.78, 5) is 4.32. The largest absolute Gasteiger partial charge is 0.489 e. The summed E-state index contributed by atoms with van der Waals surface area (Å²) in [5, 5.41) is 9.61. The van der Waals surface area contributed by atoms with Crippen molar-refractivity contribution in [1.82, 2.24) is 19.6 Å². The highest BCUT2D eigenvalue weighted by atomic mass is 35.5. The van der Waals surface area contributed by atoms with Gasteiger partial charge in [0.2, 0.25) is 0 Å². The number of imidazole rings is 1. The summed E-state index contributed by atoms with van der Waals surface area (Å²) in [6, 6.07) is 4.40. The number of pyridine rings is 1. The van der Waals surface area contributed by atoms with Crippen LogP contribution in [0.5, 0.6) is 5.75 Å². The van der Waals surface area contributed by atoms with Crippen LogP contribution in [-0.2, 0) is 6.18 Å². The third kappa shape index (κ3) is 4.46. The highest BCUT2D eigenvalue weighted by Gasteiger charge is 2.32. The SMILES string of the molecule is C=C(C)COc1cc(Cl)c(-c2nnc(-c3cn4cc(C(F)(F)F)cc(Cl)c4n3)s2)cc1C. The molecule has 3 aromatic heterocycles. The van der Waals surface area contributed by atoms with Gasteiger partial charge in [-0.3, -0.25) is 0 Å². The first-order chi connectivity index (χ1) is 15.0. The average molecular weight is 499 g/mol. The monoisotopic (exact) mass is 498 g/mol. The summed E-state index contributed by atoms with van der Waals surface area (Å²) < 4.78 is 46.1. The Bertz CT molecular complexity index is 1350. The van der Waals surface area contributed by atoms with Crippen molar-refractivity contribution in [3.05, 3.63) is 63.9 Å². The molecule has 3 heterocycles. The summed E-state index contributed by atoms with van der Waals surface area (Å²) in [6.45, 7) is 7.94. The molecule has 0 aliphatic rings. The molecule has 4 aromatic rings. The smallest absolute Gasteiger partial charge is 0.417 e. The van der Waals surface area contributed by atoms with E-state index in [1.54, 1.807) is 6.07 Å². The van der Waals surface area contributed by atoms with Crippen LogP contribution in [0.2, 0.25) is 10.0 Å². The van der Waals surface area contributed by atoms with E-state index in [0.717, 1.165) is 23.4 Å². The van der Waals surface area contributed by atoms with E-state index in [1.165, 1.54) is 21.9 Å². The first-order valence-corrected chi connectivity index (χ1v) is 10.8. The normalized spacial score (nSPS) is 11.8. The minimum Gasteiger partial charge on any atom is -0.489 e. The average Bonchev–Trinajstić information content (AvgIpc) is 3.34. The molecule has 0 bridgehead atoms. The lowest BCUT2D eigenvalue weighted by Gasteiger charge is -2.11. The van der Waals surface area contributed by atoms with Gasteiger partial charge in [0.1, 0.15) is 23.1 Å². The molecule has 1 aromatic carbocycles. The maximum absolute atomic E-state index is 13.1. The van der Waals surface area contributed by atoms with Gasteiger partial charge in [0, 0.05) is 18.0 Å². The van der Waals surface area contributed by atoms with E-state index in [9.17, 15) is 13.2 Å². The number of rotatable bonds is 5. The summed E-state index contributed by atoms with van der Waals surface area (Å²) in [6.07, 6.45) is -2.15. The van der Waals surface area contributed by atoms with Gasteiger partial charge in [0.05, 0.1) is 15.6 Å². The van der Waals surface area contributed by atoms with Gasteiger partial charge >= 0.3 is 6.18 Å². The third-order valence-electron chi connectivity index (χ3n) is 4.45. The van der Waals surface area contributed by atoms with Crippen molar-refractivity contribution >= 4 is 40.2 Å². The van der Waals surface area contributed by atoms with Gasteiger partial charge in [-0.15, -0.1) is 10.2 Å². The highest BCUT2D eigenvalue weighted by Crippen LogP contribution is 2.38. The van der Waals surface area contributed by atoms with Crippen molar-refractivity contribution in [2.24, 2.45) is 0 Å². The van der Waals surface area contributed by atoms with Crippen LogP contribution in [0.15, 0.2) is 42.7 Å². The Kier molecular flexibility index (Phi) is 5.91. The predicted octanol–water partition coefficient (Wildman–Crippen LogP) is 7.11. The summed E-state index contributed by atoms with van der Waals surface area (Å²) in [5.41, 5.74) is 2.09. The fourth-order valence-electron chi connectivity index (χ4n) is 2.93. The quantitative estimate of drug-likeness (QED) is 0.275. The first-order valence-electron chi connectivity index (χ1n) is 9.20. The molecule has 4 rings (SSSR count). The van der Waals surface area contributed by atoms with E-state index in [4.69, 9.17) is 27.9 Å².